The first kappa shape index (κ1) is 12.5. The highest BCUT2D eigenvalue weighted by Crippen LogP contribution is 2.26. The smallest absolute Gasteiger partial charge is 0.225 e. The summed E-state index contributed by atoms with van der Waals surface area (Å²) >= 11 is 1.47. The second-order valence-corrected chi connectivity index (χ2v) is 4.91. The first-order chi connectivity index (χ1) is 9.63. The van der Waals surface area contributed by atoms with Crippen molar-refractivity contribution in [2.75, 3.05) is 11.5 Å². The standard InChI is InChI=1S/C10H11N9S/c1-19-7-5(2-15-19)8(14-4-13-7)20-3-6-16-9(11)18-10(12)17-6/h2,4H,3H2,1H3,(H4,11,12,16,17,18). The van der Waals surface area contributed by atoms with E-state index in [0.717, 1.165) is 16.1 Å². The van der Waals surface area contributed by atoms with Crippen LogP contribution in [0.25, 0.3) is 11.0 Å². The van der Waals surface area contributed by atoms with Gasteiger partial charge in [0, 0.05) is 7.05 Å². The van der Waals surface area contributed by atoms with Crippen LogP contribution in [-0.4, -0.2) is 34.7 Å². The molecule has 3 aromatic heterocycles. The van der Waals surface area contributed by atoms with Gasteiger partial charge in [-0.3, -0.25) is 4.68 Å². The first-order valence-corrected chi connectivity index (χ1v) is 6.63. The zero-order valence-corrected chi connectivity index (χ0v) is 11.4. The Morgan fingerprint density at radius 2 is 1.90 bits per heavy atom. The molecule has 0 aliphatic rings. The van der Waals surface area contributed by atoms with Crippen molar-refractivity contribution in [1.82, 2.24) is 34.7 Å². The van der Waals surface area contributed by atoms with Crippen LogP contribution >= 0.6 is 11.8 Å². The molecule has 0 unspecified atom stereocenters. The van der Waals surface area contributed by atoms with E-state index < -0.39 is 0 Å². The summed E-state index contributed by atoms with van der Waals surface area (Å²) in [6.45, 7) is 0. The largest absolute Gasteiger partial charge is 0.368 e. The van der Waals surface area contributed by atoms with Gasteiger partial charge in [-0.15, -0.1) is 0 Å². The van der Waals surface area contributed by atoms with Crippen molar-refractivity contribution in [1.29, 1.82) is 0 Å². The number of nitrogens with zero attached hydrogens (tertiary/aromatic N) is 7. The molecule has 102 valence electrons. The zero-order valence-electron chi connectivity index (χ0n) is 10.6. The van der Waals surface area contributed by atoms with Crippen molar-refractivity contribution in [3.63, 3.8) is 0 Å². The quantitative estimate of drug-likeness (QED) is 0.504. The average Bonchev–Trinajstić information content (AvgIpc) is 2.78. The summed E-state index contributed by atoms with van der Waals surface area (Å²) < 4.78 is 1.69. The van der Waals surface area contributed by atoms with Crippen molar-refractivity contribution < 1.29 is 0 Å². The molecule has 0 spiro atoms. The van der Waals surface area contributed by atoms with Crippen molar-refractivity contribution in [2.24, 2.45) is 7.05 Å². The molecule has 4 N–H and O–H groups in total. The highest BCUT2D eigenvalue weighted by Gasteiger charge is 2.10. The Hall–Kier alpha value is -2.49. The van der Waals surface area contributed by atoms with Gasteiger partial charge in [0.1, 0.15) is 17.2 Å². The van der Waals surface area contributed by atoms with Gasteiger partial charge >= 0.3 is 0 Å². The minimum absolute atomic E-state index is 0.113. The number of fused-ring (bicyclic) bond motifs is 1. The highest BCUT2D eigenvalue weighted by atomic mass is 32.2. The normalized spacial score (nSPS) is 11.1. The minimum atomic E-state index is 0.113. The predicted molar refractivity (Wildman–Crippen MR) is 74.5 cm³/mol. The van der Waals surface area contributed by atoms with Crippen LogP contribution in [0.3, 0.4) is 0 Å². The highest BCUT2D eigenvalue weighted by molar-refractivity contribution is 7.98. The lowest BCUT2D eigenvalue weighted by Gasteiger charge is -2.02. The van der Waals surface area contributed by atoms with E-state index in [2.05, 4.69) is 30.0 Å². The van der Waals surface area contributed by atoms with Crippen LogP contribution in [0.15, 0.2) is 17.6 Å². The van der Waals surface area contributed by atoms with Gasteiger partial charge < -0.3 is 11.5 Å². The predicted octanol–water partition coefficient (Wildman–Crippen LogP) is 0.00500. The van der Waals surface area contributed by atoms with Gasteiger partial charge in [-0.1, -0.05) is 11.8 Å². The van der Waals surface area contributed by atoms with Gasteiger partial charge in [0.25, 0.3) is 0 Å². The molecule has 0 saturated heterocycles. The third-order valence-electron chi connectivity index (χ3n) is 2.55. The number of hydrogen-bond donors (Lipinski definition) is 2. The van der Waals surface area contributed by atoms with E-state index in [9.17, 15) is 0 Å². The van der Waals surface area contributed by atoms with Gasteiger partial charge in [-0.05, 0) is 0 Å². The van der Waals surface area contributed by atoms with E-state index in [-0.39, 0.29) is 11.9 Å². The molecule has 9 nitrogen and oxygen atoms in total. The SMILES string of the molecule is Cn1ncc2c(SCc3nc(N)nc(N)n3)ncnc21. The molecule has 0 aliphatic heterocycles. The third-order valence-corrected chi connectivity index (χ3v) is 3.55. The Labute approximate surface area is 117 Å². The summed E-state index contributed by atoms with van der Waals surface area (Å²) in [6.07, 6.45) is 3.23. The summed E-state index contributed by atoms with van der Waals surface area (Å²) in [5.41, 5.74) is 11.8. The number of nitrogen functional groups attached to an aromatic ring is 2. The minimum Gasteiger partial charge on any atom is -0.368 e. The lowest BCUT2D eigenvalue weighted by Crippen LogP contribution is -2.06. The van der Waals surface area contributed by atoms with Gasteiger partial charge in [0.05, 0.1) is 17.3 Å². The first-order valence-electron chi connectivity index (χ1n) is 5.65. The van der Waals surface area contributed by atoms with Crippen molar-refractivity contribution in [3.05, 3.63) is 18.3 Å². The van der Waals surface area contributed by atoms with E-state index in [0.29, 0.717) is 11.6 Å². The summed E-state index contributed by atoms with van der Waals surface area (Å²) in [4.78, 5) is 20.2. The van der Waals surface area contributed by atoms with Crippen LogP contribution in [0.4, 0.5) is 11.9 Å². The number of rotatable bonds is 3. The van der Waals surface area contributed by atoms with Crippen molar-refractivity contribution in [2.45, 2.75) is 10.8 Å². The molecule has 0 aromatic carbocycles. The molecule has 0 radical (unpaired) electrons. The average molecular weight is 289 g/mol. The summed E-state index contributed by atoms with van der Waals surface area (Å²) in [6, 6.07) is 0. The number of anilines is 2. The fourth-order valence-electron chi connectivity index (χ4n) is 1.71. The van der Waals surface area contributed by atoms with Gasteiger partial charge in [0.15, 0.2) is 5.65 Å². The Morgan fingerprint density at radius 1 is 1.15 bits per heavy atom. The van der Waals surface area contributed by atoms with E-state index in [1.165, 1.54) is 18.1 Å². The molecule has 0 amide bonds. The number of aromatic nitrogens is 7. The van der Waals surface area contributed by atoms with Crippen molar-refractivity contribution in [3.8, 4) is 0 Å². The molecule has 10 heteroatoms. The van der Waals surface area contributed by atoms with E-state index in [4.69, 9.17) is 11.5 Å². The maximum absolute atomic E-state index is 5.53. The topological polar surface area (TPSA) is 134 Å². The maximum atomic E-state index is 5.53. The number of aryl methyl sites for hydroxylation is 1. The Morgan fingerprint density at radius 3 is 2.65 bits per heavy atom. The van der Waals surface area contributed by atoms with Gasteiger partial charge in [-0.2, -0.15) is 20.1 Å². The van der Waals surface area contributed by atoms with Crippen LogP contribution in [0.2, 0.25) is 0 Å². The fraction of sp³-hybridized carbons (Fsp3) is 0.200. The third kappa shape index (κ3) is 2.32. The Kier molecular flexibility index (Phi) is 3.06. The van der Waals surface area contributed by atoms with Gasteiger partial charge in [-0.25, -0.2) is 9.97 Å². The monoisotopic (exact) mass is 289 g/mol. The molecule has 0 saturated carbocycles. The maximum Gasteiger partial charge on any atom is 0.225 e. The number of nitrogens with two attached hydrogens (primary N) is 2. The second-order valence-electron chi connectivity index (χ2n) is 3.94. The zero-order chi connectivity index (χ0) is 14.1. The fourth-order valence-corrected chi connectivity index (χ4v) is 2.53. The Bertz CT molecular complexity index is 748. The van der Waals surface area contributed by atoms with E-state index >= 15 is 0 Å². The molecule has 0 atom stereocenters. The van der Waals surface area contributed by atoms with Crippen LogP contribution in [0, 0.1) is 0 Å². The van der Waals surface area contributed by atoms with E-state index in [1.54, 1.807) is 10.9 Å². The molecule has 0 fully saturated rings. The molecule has 20 heavy (non-hydrogen) atoms. The lowest BCUT2D eigenvalue weighted by atomic mass is 10.4. The molecule has 0 bridgehead atoms. The van der Waals surface area contributed by atoms with Crippen LogP contribution in [0.1, 0.15) is 5.82 Å². The summed E-state index contributed by atoms with van der Waals surface area (Å²) in [5, 5.41) is 5.85. The van der Waals surface area contributed by atoms with E-state index in [1.807, 2.05) is 7.05 Å². The van der Waals surface area contributed by atoms with Crippen LogP contribution in [0.5, 0.6) is 0 Å². The van der Waals surface area contributed by atoms with Crippen molar-refractivity contribution >= 4 is 34.7 Å². The molecular weight excluding hydrogens is 278 g/mol. The number of hydrogen-bond acceptors (Lipinski definition) is 9. The summed E-state index contributed by atoms with van der Waals surface area (Å²) in [5.74, 6) is 1.22. The lowest BCUT2D eigenvalue weighted by molar-refractivity contribution is 0.784. The molecule has 0 aliphatic carbocycles. The summed E-state index contributed by atoms with van der Waals surface area (Å²) in [7, 11) is 1.83. The molecular formula is C10H11N9S. The second kappa shape index (κ2) is 4.89. The van der Waals surface area contributed by atoms with Crippen LogP contribution in [-0.2, 0) is 12.8 Å². The van der Waals surface area contributed by atoms with Gasteiger partial charge in [0.2, 0.25) is 11.9 Å². The molecule has 3 heterocycles. The molecule has 3 aromatic rings. The number of thioether (sulfide) groups is 1. The Balaban J connectivity index is 1.86. The van der Waals surface area contributed by atoms with Crippen LogP contribution < -0.4 is 11.5 Å². The molecule has 3 rings (SSSR count).